The first-order valence-corrected chi connectivity index (χ1v) is 26.7. The van der Waals surface area contributed by atoms with E-state index < -0.39 is 0 Å². The van der Waals surface area contributed by atoms with E-state index >= 15 is 0 Å². The molecule has 5 heterocycles. The number of rotatable bonds is 3. The van der Waals surface area contributed by atoms with Gasteiger partial charge in [0.15, 0.2) is 0 Å². The fourth-order valence-corrected chi connectivity index (χ4v) is 13.7. The van der Waals surface area contributed by atoms with E-state index in [1.165, 1.54) is 77.4 Å². The Kier molecular flexibility index (Phi) is 8.99. The lowest BCUT2D eigenvalue weighted by atomic mass is 9.45. The summed E-state index contributed by atoms with van der Waals surface area (Å²) < 4.78 is 17.3. The molecule has 3 aliphatic rings. The molecule has 354 valence electrons. The van der Waals surface area contributed by atoms with Crippen LogP contribution < -0.4 is 20.8 Å². The van der Waals surface area contributed by atoms with Crippen molar-refractivity contribution in [2.75, 3.05) is 9.71 Å². The second kappa shape index (κ2) is 14.8. The maximum absolute atomic E-state index is 7.49. The van der Waals surface area contributed by atoms with E-state index in [9.17, 15) is 0 Å². The molecule has 14 rings (SSSR count). The Morgan fingerprint density at radius 1 is 0.514 bits per heavy atom. The number of anilines is 5. The summed E-state index contributed by atoms with van der Waals surface area (Å²) in [6.07, 6.45) is 2.36. The van der Waals surface area contributed by atoms with E-state index in [4.69, 9.17) is 8.83 Å². The molecule has 0 saturated heterocycles. The molecule has 0 radical (unpaired) electrons. The van der Waals surface area contributed by atoms with Gasteiger partial charge in [0.25, 0.3) is 0 Å². The third kappa shape index (κ3) is 6.30. The lowest BCUT2D eigenvalue weighted by Crippen LogP contribution is -2.61. The van der Waals surface area contributed by atoms with Gasteiger partial charge < -0.3 is 18.5 Å². The Balaban J connectivity index is 1.13. The molecule has 0 atom stereocenters. The van der Waals surface area contributed by atoms with Gasteiger partial charge in [-0.2, -0.15) is 0 Å². The zero-order valence-electron chi connectivity index (χ0n) is 43.0. The number of nitrogens with zero attached hydrogens (tertiary/aromatic N) is 2. The van der Waals surface area contributed by atoms with Crippen molar-refractivity contribution in [2.24, 2.45) is 0 Å². The fourth-order valence-electron chi connectivity index (χ4n) is 12.6. The maximum atomic E-state index is 7.49. The lowest BCUT2D eigenvalue weighted by Gasteiger charge is -2.43. The normalized spacial score (nSPS) is 15.9. The Hall–Kier alpha value is -7.02. The van der Waals surface area contributed by atoms with Gasteiger partial charge >= 0.3 is 6.85 Å². The van der Waals surface area contributed by atoms with Gasteiger partial charge in [-0.05, 0) is 146 Å². The van der Waals surface area contributed by atoms with Gasteiger partial charge in [0.1, 0.15) is 22.4 Å². The Morgan fingerprint density at radius 2 is 1.12 bits per heavy atom. The number of furan rings is 2. The highest BCUT2D eigenvalue weighted by Gasteiger charge is 2.50. The molecule has 3 aromatic heterocycles. The molecule has 6 heteroatoms. The molecule has 4 nitrogen and oxygen atoms in total. The summed E-state index contributed by atoms with van der Waals surface area (Å²) in [6.45, 7) is 23.2. The fraction of sp³-hybridized carbons (Fsp3) is 0.242. The minimum Gasteiger partial charge on any atom is -0.466 e. The van der Waals surface area contributed by atoms with Crippen LogP contribution >= 0.6 is 11.3 Å². The number of benzene rings is 8. The smallest absolute Gasteiger partial charge is 0.376 e. The summed E-state index contributed by atoms with van der Waals surface area (Å²) >= 11 is 1.93. The monoisotopic (exact) mass is 954 g/mol. The molecular formula is C66H59BN2O2S. The van der Waals surface area contributed by atoms with Crippen molar-refractivity contribution < 1.29 is 8.83 Å². The molecule has 11 aromatic rings. The van der Waals surface area contributed by atoms with E-state index in [-0.39, 0.29) is 28.5 Å². The first kappa shape index (κ1) is 43.7. The van der Waals surface area contributed by atoms with E-state index in [1.54, 1.807) is 0 Å². The van der Waals surface area contributed by atoms with Crippen LogP contribution in [0.1, 0.15) is 104 Å². The molecule has 1 aliphatic carbocycles. The van der Waals surface area contributed by atoms with Crippen LogP contribution in [0.3, 0.4) is 0 Å². The van der Waals surface area contributed by atoms with Gasteiger partial charge in [-0.15, -0.1) is 11.3 Å². The molecule has 0 fully saturated rings. The number of hydrogen-bond acceptors (Lipinski definition) is 5. The summed E-state index contributed by atoms with van der Waals surface area (Å²) in [4.78, 5) is 5.12. The SMILES string of the molecule is CC(C)(C)c1ccc(N2c3cc4c(oc5ccccc54)c4c3B(c3oc5ccc(C(C)(C)C)cc5c32)N(c2ccc(-c3ccccc3)cc2)c2cc3sc5cc6c(cc5c3cc2-4)C(C)(C)CCC6(C)C)cc1. The van der Waals surface area contributed by atoms with Crippen LogP contribution in [0.4, 0.5) is 28.4 Å². The summed E-state index contributed by atoms with van der Waals surface area (Å²) in [5, 5.41) is 5.97. The number of hydrogen-bond donors (Lipinski definition) is 0. The van der Waals surface area contributed by atoms with Crippen LogP contribution in [0.2, 0.25) is 0 Å². The van der Waals surface area contributed by atoms with Crippen molar-refractivity contribution in [3.8, 4) is 22.3 Å². The summed E-state index contributed by atoms with van der Waals surface area (Å²) in [5.74, 6) is 0. The van der Waals surface area contributed by atoms with Crippen molar-refractivity contribution in [3.05, 3.63) is 174 Å². The van der Waals surface area contributed by atoms with Crippen molar-refractivity contribution >= 4 is 111 Å². The standard InChI is InChI=1S/C66H59BN2O2S/c1-63(2,3)40-22-27-42(28-23-40)68-53-35-47-44-18-14-15-19-54(44)70-61(47)58-48-33-45-46-34-50-51(66(9,10)31-30-65(50,7)8)36-56(46)72-57(45)37-52(48)69(43-25-20-39(21-26-43)38-16-12-11-13-17-38)67(59(53)58)62-60(68)49-32-41(64(4,5)6)24-29-55(49)71-62/h11-29,32-37H,30-31H2,1-10H3. The van der Waals surface area contributed by atoms with Gasteiger partial charge in [0.2, 0.25) is 0 Å². The van der Waals surface area contributed by atoms with Crippen molar-refractivity contribution in [2.45, 2.75) is 104 Å². The molecule has 0 amide bonds. The summed E-state index contributed by atoms with van der Waals surface area (Å²) in [6, 6.07) is 57.2. The molecule has 0 saturated carbocycles. The van der Waals surface area contributed by atoms with Crippen LogP contribution in [0, 0.1) is 0 Å². The van der Waals surface area contributed by atoms with Crippen molar-refractivity contribution in [1.82, 2.24) is 0 Å². The summed E-state index contributed by atoms with van der Waals surface area (Å²) in [5.41, 5.74) is 20.7. The van der Waals surface area contributed by atoms with Gasteiger partial charge in [-0.1, -0.05) is 148 Å². The highest BCUT2D eigenvalue weighted by atomic mass is 32.1. The third-order valence-electron chi connectivity index (χ3n) is 16.8. The summed E-state index contributed by atoms with van der Waals surface area (Å²) in [7, 11) is 0. The highest BCUT2D eigenvalue weighted by Crippen LogP contribution is 2.55. The van der Waals surface area contributed by atoms with E-state index in [2.05, 4.69) is 231 Å². The predicted molar refractivity (Wildman–Crippen MR) is 308 cm³/mol. The van der Waals surface area contributed by atoms with Crippen LogP contribution in [-0.4, -0.2) is 6.85 Å². The molecule has 0 bridgehead atoms. The Labute approximate surface area is 427 Å². The highest BCUT2D eigenvalue weighted by molar-refractivity contribution is 7.26. The van der Waals surface area contributed by atoms with Crippen LogP contribution in [-0.2, 0) is 21.7 Å². The number of fused-ring (bicyclic) bond motifs is 14. The lowest BCUT2D eigenvalue weighted by molar-refractivity contribution is 0.332. The van der Waals surface area contributed by atoms with Gasteiger partial charge in [0, 0.05) is 70.2 Å². The minimum atomic E-state index is -0.339. The zero-order valence-corrected chi connectivity index (χ0v) is 43.9. The molecule has 0 N–H and O–H groups in total. The van der Waals surface area contributed by atoms with Gasteiger partial charge in [0.05, 0.1) is 5.69 Å². The second-order valence-corrected chi connectivity index (χ2v) is 25.5. The maximum Gasteiger partial charge on any atom is 0.376 e. The van der Waals surface area contributed by atoms with E-state index in [0.717, 1.165) is 72.6 Å². The quantitative estimate of drug-likeness (QED) is 0.165. The van der Waals surface area contributed by atoms with Crippen molar-refractivity contribution in [3.63, 3.8) is 0 Å². The zero-order chi connectivity index (χ0) is 49.4. The third-order valence-corrected chi connectivity index (χ3v) is 17.9. The molecule has 8 aromatic carbocycles. The number of thiophene rings is 1. The Morgan fingerprint density at radius 3 is 1.85 bits per heavy atom. The molecule has 0 unspecified atom stereocenters. The minimum absolute atomic E-state index is 0.00287. The average Bonchev–Trinajstić information content (AvgIpc) is 4.05. The predicted octanol–water partition coefficient (Wildman–Crippen LogP) is 18.0. The molecular weight excluding hydrogens is 896 g/mol. The second-order valence-electron chi connectivity index (χ2n) is 24.4. The Bertz CT molecular complexity index is 4060. The van der Waals surface area contributed by atoms with Crippen molar-refractivity contribution in [1.29, 1.82) is 0 Å². The first-order chi connectivity index (χ1) is 34.4. The van der Waals surface area contributed by atoms with E-state index in [1.807, 2.05) is 11.3 Å². The largest absolute Gasteiger partial charge is 0.466 e. The average molecular weight is 955 g/mol. The van der Waals surface area contributed by atoms with Gasteiger partial charge in [-0.25, -0.2) is 0 Å². The topological polar surface area (TPSA) is 32.8 Å². The van der Waals surface area contributed by atoms with Crippen LogP contribution in [0.25, 0.3) is 75.3 Å². The molecule has 2 aliphatic heterocycles. The van der Waals surface area contributed by atoms with Gasteiger partial charge in [-0.3, -0.25) is 0 Å². The van der Waals surface area contributed by atoms with E-state index in [0.29, 0.717) is 0 Å². The molecule has 72 heavy (non-hydrogen) atoms. The molecule has 0 spiro atoms. The van der Waals surface area contributed by atoms with Crippen LogP contribution in [0.15, 0.2) is 160 Å². The van der Waals surface area contributed by atoms with Crippen LogP contribution in [0.5, 0.6) is 0 Å². The number of para-hydroxylation sites is 1. The first-order valence-electron chi connectivity index (χ1n) is 25.9.